The monoisotopic (exact) mass is 357 g/mol. The first kappa shape index (κ1) is 17.3. The molecule has 4 rings (SSSR count). The van der Waals surface area contributed by atoms with Crippen molar-refractivity contribution in [3.63, 3.8) is 0 Å². The maximum atomic E-state index is 12.7. The van der Waals surface area contributed by atoms with Crippen LogP contribution in [-0.2, 0) is 23.2 Å². The van der Waals surface area contributed by atoms with Gasteiger partial charge in [-0.15, -0.1) is 0 Å². The number of amides is 1. The lowest BCUT2D eigenvalue weighted by Gasteiger charge is -2.50. The molecule has 0 unspecified atom stereocenters. The van der Waals surface area contributed by atoms with Gasteiger partial charge in [-0.2, -0.15) is 0 Å². The second-order valence-electron chi connectivity index (χ2n) is 7.49. The van der Waals surface area contributed by atoms with E-state index in [4.69, 9.17) is 4.52 Å². The van der Waals surface area contributed by atoms with E-state index in [-0.39, 0.29) is 11.4 Å². The Balaban J connectivity index is 1.48. The highest BCUT2D eigenvalue weighted by Gasteiger charge is 2.46. The van der Waals surface area contributed by atoms with Crippen LogP contribution in [0.5, 0.6) is 0 Å². The number of carbonyl (C=O) groups excluding carboxylic acids is 1. The number of rotatable bonds is 4. The predicted octanol–water partition coefficient (Wildman–Crippen LogP) is 2.03. The highest BCUT2D eigenvalue weighted by Crippen LogP contribution is 2.42. The van der Waals surface area contributed by atoms with Gasteiger partial charge in [0.2, 0.25) is 5.91 Å². The van der Waals surface area contributed by atoms with Gasteiger partial charge in [-0.25, -0.2) is 4.98 Å². The molecule has 1 amide bonds. The molecule has 2 aliphatic heterocycles. The standard InChI is InChI=1S/C19H27N5O2/c1-3-7-24-8-4-16-18(21-13-20-16)19(24)5-9-23(10-6-19)17(25)12-15-11-14(2)22-26-15/h11,13H,3-10,12H2,1-2H3,(H,20,21). The van der Waals surface area contributed by atoms with Gasteiger partial charge in [-0.05, 0) is 32.7 Å². The number of hydrogen-bond donors (Lipinski definition) is 1. The molecule has 4 heterocycles. The zero-order chi connectivity index (χ0) is 18.1. The van der Waals surface area contributed by atoms with Crippen LogP contribution in [0.2, 0.25) is 0 Å². The second kappa shape index (κ2) is 6.87. The van der Waals surface area contributed by atoms with Crippen LogP contribution in [-0.4, -0.2) is 57.0 Å². The van der Waals surface area contributed by atoms with Crippen LogP contribution in [0.4, 0.5) is 0 Å². The van der Waals surface area contributed by atoms with Crippen molar-refractivity contribution in [1.29, 1.82) is 0 Å². The molecule has 0 radical (unpaired) electrons. The van der Waals surface area contributed by atoms with Crippen molar-refractivity contribution in [1.82, 2.24) is 24.9 Å². The Labute approximate surface area is 153 Å². The summed E-state index contributed by atoms with van der Waals surface area (Å²) in [6, 6.07) is 1.84. The minimum Gasteiger partial charge on any atom is -0.361 e. The Morgan fingerprint density at radius 3 is 2.85 bits per heavy atom. The van der Waals surface area contributed by atoms with Crippen molar-refractivity contribution in [3.05, 3.63) is 35.2 Å². The Hall–Kier alpha value is -2.15. The van der Waals surface area contributed by atoms with Crippen LogP contribution in [0.3, 0.4) is 0 Å². The van der Waals surface area contributed by atoms with Gasteiger partial charge in [0.25, 0.3) is 0 Å². The van der Waals surface area contributed by atoms with Gasteiger partial charge in [0.05, 0.1) is 29.7 Å². The number of aromatic amines is 1. The maximum absolute atomic E-state index is 12.7. The highest BCUT2D eigenvalue weighted by molar-refractivity contribution is 5.78. The third-order valence-electron chi connectivity index (χ3n) is 5.84. The topological polar surface area (TPSA) is 78.3 Å². The molecule has 1 fully saturated rings. The fraction of sp³-hybridized carbons (Fsp3) is 0.632. The van der Waals surface area contributed by atoms with Crippen LogP contribution >= 0.6 is 0 Å². The Bertz CT molecular complexity index is 772. The zero-order valence-corrected chi connectivity index (χ0v) is 15.6. The maximum Gasteiger partial charge on any atom is 0.230 e. The summed E-state index contributed by atoms with van der Waals surface area (Å²) in [4.78, 5) is 25.2. The van der Waals surface area contributed by atoms with E-state index in [1.807, 2.05) is 24.2 Å². The molecule has 0 bridgehead atoms. The van der Waals surface area contributed by atoms with E-state index in [0.29, 0.717) is 12.2 Å². The number of imidazole rings is 1. The van der Waals surface area contributed by atoms with Crippen LogP contribution in [0.15, 0.2) is 16.9 Å². The fourth-order valence-electron chi connectivity index (χ4n) is 4.56. The van der Waals surface area contributed by atoms with Gasteiger partial charge in [-0.1, -0.05) is 12.1 Å². The Morgan fingerprint density at radius 2 is 2.15 bits per heavy atom. The molecule has 0 aromatic carbocycles. The Kier molecular flexibility index (Phi) is 4.56. The first-order valence-corrected chi connectivity index (χ1v) is 9.60. The van der Waals surface area contributed by atoms with Crippen LogP contribution in [0, 0.1) is 6.92 Å². The van der Waals surface area contributed by atoms with Crippen LogP contribution < -0.4 is 0 Å². The van der Waals surface area contributed by atoms with Crippen molar-refractivity contribution >= 4 is 5.91 Å². The second-order valence-corrected chi connectivity index (χ2v) is 7.49. The van der Waals surface area contributed by atoms with Gasteiger partial charge in [0, 0.05) is 37.8 Å². The summed E-state index contributed by atoms with van der Waals surface area (Å²) >= 11 is 0. The lowest BCUT2D eigenvalue weighted by Crippen LogP contribution is -2.57. The van der Waals surface area contributed by atoms with E-state index in [9.17, 15) is 4.79 Å². The molecule has 2 aromatic heterocycles. The zero-order valence-electron chi connectivity index (χ0n) is 15.6. The Morgan fingerprint density at radius 1 is 1.35 bits per heavy atom. The minimum absolute atomic E-state index is 0.0246. The van der Waals surface area contributed by atoms with Gasteiger partial charge >= 0.3 is 0 Å². The normalized spacial score (nSPS) is 19.7. The summed E-state index contributed by atoms with van der Waals surface area (Å²) < 4.78 is 5.20. The van der Waals surface area contributed by atoms with E-state index < -0.39 is 0 Å². The number of fused-ring (bicyclic) bond motifs is 2. The summed E-state index contributed by atoms with van der Waals surface area (Å²) in [5.74, 6) is 0.767. The SMILES string of the molecule is CCCN1CCc2[nH]cnc2C12CCN(C(=O)Cc1cc(C)no1)CC2. The number of hydrogen-bond acceptors (Lipinski definition) is 5. The van der Waals surface area contributed by atoms with E-state index in [0.717, 1.165) is 57.6 Å². The average Bonchev–Trinajstić information content (AvgIpc) is 3.28. The molecule has 1 spiro atoms. The van der Waals surface area contributed by atoms with E-state index in [1.54, 1.807) is 0 Å². The molecule has 0 saturated carbocycles. The number of carbonyl (C=O) groups is 1. The van der Waals surface area contributed by atoms with Gasteiger partial charge < -0.3 is 14.4 Å². The van der Waals surface area contributed by atoms with Crippen molar-refractivity contribution in [3.8, 4) is 0 Å². The molecule has 0 atom stereocenters. The number of H-pyrrole nitrogens is 1. The summed E-state index contributed by atoms with van der Waals surface area (Å²) in [5.41, 5.74) is 3.27. The largest absolute Gasteiger partial charge is 0.361 e. The van der Waals surface area contributed by atoms with Crippen LogP contribution in [0.1, 0.15) is 49.0 Å². The smallest absolute Gasteiger partial charge is 0.230 e. The van der Waals surface area contributed by atoms with Crippen LogP contribution in [0.25, 0.3) is 0 Å². The molecular formula is C19H27N5O2. The molecule has 7 nitrogen and oxygen atoms in total. The average molecular weight is 357 g/mol. The minimum atomic E-state index is -0.0246. The van der Waals surface area contributed by atoms with Crippen molar-refractivity contribution in [2.75, 3.05) is 26.2 Å². The summed E-state index contributed by atoms with van der Waals surface area (Å²) in [6.45, 7) is 7.77. The number of nitrogens with zero attached hydrogens (tertiary/aromatic N) is 4. The van der Waals surface area contributed by atoms with Crippen molar-refractivity contribution in [2.45, 2.75) is 51.5 Å². The summed E-state index contributed by atoms with van der Waals surface area (Å²) in [7, 11) is 0. The lowest BCUT2D eigenvalue weighted by molar-refractivity contribution is -0.134. The molecule has 2 aliphatic rings. The molecule has 7 heteroatoms. The summed E-state index contributed by atoms with van der Waals surface area (Å²) in [6.07, 6.45) is 6.16. The quantitative estimate of drug-likeness (QED) is 0.906. The first-order chi connectivity index (χ1) is 12.6. The lowest BCUT2D eigenvalue weighted by atomic mass is 9.78. The molecule has 0 aliphatic carbocycles. The molecule has 26 heavy (non-hydrogen) atoms. The molecule has 1 saturated heterocycles. The third kappa shape index (κ3) is 2.94. The van der Waals surface area contributed by atoms with Gasteiger partial charge in [0.1, 0.15) is 5.76 Å². The highest BCUT2D eigenvalue weighted by atomic mass is 16.5. The van der Waals surface area contributed by atoms with E-state index in [2.05, 4.69) is 26.9 Å². The molecule has 140 valence electrons. The third-order valence-corrected chi connectivity index (χ3v) is 5.84. The molecular weight excluding hydrogens is 330 g/mol. The van der Waals surface area contributed by atoms with E-state index >= 15 is 0 Å². The summed E-state index contributed by atoms with van der Waals surface area (Å²) in [5, 5.41) is 3.87. The molecule has 1 N–H and O–H groups in total. The van der Waals surface area contributed by atoms with E-state index in [1.165, 1.54) is 11.4 Å². The van der Waals surface area contributed by atoms with Gasteiger partial charge in [-0.3, -0.25) is 9.69 Å². The number of piperidine rings is 1. The van der Waals surface area contributed by atoms with Gasteiger partial charge in [0.15, 0.2) is 0 Å². The fourth-order valence-corrected chi connectivity index (χ4v) is 4.56. The number of aromatic nitrogens is 3. The van der Waals surface area contributed by atoms with Crippen molar-refractivity contribution in [2.24, 2.45) is 0 Å². The number of likely N-dealkylation sites (tertiary alicyclic amines) is 1. The first-order valence-electron chi connectivity index (χ1n) is 9.60. The number of nitrogens with one attached hydrogen (secondary N) is 1. The predicted molar refractivity (Wildman–Crippen MR) is 96.6 cm³/mol. The number of aryl methyl sites for hydroxylation is 1. The molecule has 2 aromatic rings. The van der Waals surface area contributed by atoms with Crippen molar-refractivity contribution < 1.29 is 9.32 Å².